The summed E-state index contributed by atoms with van der Waals surface area (Å²) in [7, 11) is 0. The Morgan fingerprint density at radius 3 is 2.56 bits per heavy atom. The molecule has 2 aromatic rings. The highest BCUT2D eigenvalue weighted by molar-refractivity contribution is 8.27. The second-order valence-electron chi connectivity index (χ2n) is 5.85. The topological polar surface area (TPSA) is 81.9 Å². The van der Waals surface area contributed by atoms with E-state index in [-0.39, 0.29) is 18.4 Å². The van der Waals surface area contributed by atoms with Crippen molar-refractivity contribution in [2.75, 3.05) is 11.7 Å². The molecule has 0 aliphatic carbocycles. The summed E-state index contributed by atoms with van der Waals surface area (Å²) in [4.78, 5) is 25.0. The van der Waals surface area contributed by atoms with Crippen molar-refractivity contribution in [1.82, 2.24) is 0 Å². The molecule has 1 fully saturated rings. The summed E-state index contributed by atoms with van der Waals surface area (Å²) in [5.41, 5.74) is 2.23. The average Bonchev–Trinajstić information content (AvgIpc) is 3.19. The molecule has 9 heteroatoms. The molecule has 0 spiro atoms. The number of rotatable bonds is 3. The molecule has 1 saturated heterocycles. The number of nitro benzene ring substituents is 1. The molecule has 0 unspecified atom stereocenters. The van der Waals surface area contributed by atoms with Crippen molar-refractivity contribution in [3.8, 4) is 11.5 Å². The van der Waals surface area contributed by atoms with Gasteiger partial charge < -0.3 is 9.47 Å². The summed E-state index contributed by atoms with van der Waals surface area (Å²) in [6, 6.07) is 9.41. The van der Waals surface area contributed by atoms with Crippen LogP contribution in [0.15, 0.2) is 41.3 Å². The van der Waals surface area contributed by atoms with Crippen LogP contribution in [0.25, 0.3) is 6.08 Å². The van der Waals surface area contributed by atoms with Gasteiger partial charge in [0.05, 0.1) is 15.5 Å². The van der Waals surface area contributed by atoms with E-state index in [1.54, 1.807) is 6.08 Å². The monoisotopic (exact) mass is 400 g/mol. The van der Waals surface area contributed by atoms with Crippen molar-refractivity contribution in [3.63, 3.8) is 0 Å². The van der Waals surface area contributed by atoms with E-state index < -0.39 is 4.92 Å². The number of carbonyl (C=O) groups excluding carboxylic acids is 1. The van der Waals surface area contributed by atoms with Crippen molar-refractivity contribution in [3.05, 3.63) is 62.5 Å². The van der Waals surface area contributed by atoms with Gasteiger partial charge in [0.25, 0.3) is 11.6 Å². The number of fused-ring (bicyclic) bond motifs is 1. The maximum absolute atomic E-state index is 12.8. The molecule has 4 rings (SSSR count). The first-order valence-electron chi connectivity index (χ1n) is 7.87. The Hall–Kier alpha value is -2.91. The number of thiocarbonyl (C=S) groups is 1. The van der Waals surface area contributed by atoms with Crippen LogP contribution in [0.5, 0.6) is 11.5 Å². The van der Waals surface area contributed by atoms with Gasteiger partial charge in [0.1, 0.15) is 0 Å². The second kappa shape index (κ2) is 6.67. The molecule has 136 valence electrons. The number of carbonyl (C=O) groups is 1. The Bertz CT molecular complexity index is 1020. The predicted octanol–water partition coefficient (Wildman–Crippen LogP) is 4.04. The fourth-order valence-electron chi connectivity index (χ4n) is 2.77. The zero-order chi connectivity index (χ0) is 19.1. The Morgan fingerprint density at radius 1 is 1.22 bits per heavy atom. The lowest BCUT2D eigenvalue weighted by atomic mass is 10.1. The Balaban J connectivity index is 1.65. The highest BCUT2D eigenvalue weighted by atomic mass is 32.2. The summed E-state index contributed by atoms with van der Waals surface area (Å²) in [5.74, 6) is 1.05. The number of aryl methyl sites for hydroxylation is 1. The Kier molecular flexibility index (Phi) is 4.33. The summed E-state index contributed by atoms with van der Waals surface area (Å²) >= 11 is 6.53. The van der Waals surface area contributed by atoms with Crippen molar-refractivity contribution in [2.24, 2.45) is 0 Å². The zero-order valence-corrected chi connectivity index (χ0v) is 15.6. The third-order valence-electron chi connectivity index (χ3n) is 4.16. The molecule has 2 aromatic carbocycles. The molecule has 27 heavy (non-hydrogen) atoms. The predicted molar refractivity (Wildman–Crippen MR) is 106 cm³/mol. The molecule has 2 heterocycles. The minimum absolute atomic E-state index is 0.0456. The lowest BCUT2D eigenvalue weighted by molar-refractivity contribution is -0.384. The molecule has 0 aromatic heterocycles. The minimum Gasteiger partial charge on any atom is -0.454 e. The number of amides is 1. The summed E-state index contributed by atoms with van der Waals surface area (Å²) in [5, 5.41) is 10.8. The molecule has 2 aliphatic rings. The number of nitro groups is 1. The van der Waals surface area contributed by atoms with Crippen LogP contribution in [-0.2, 0) is 4.79 Å². The summed E-state index contributed by atoms with van der Waals surface area (Å²) in [6.07, 6.45) is 1.77. The highest BCUT2D eigenvalue weighted by Crippen LogP contribution is 2.39. The molecule has 0 bridgehead atoms. The number of benzene rings is 2. The normalized spacial score (nSPS) is 17.1. The van der Waals surface area contributed by atoms with Crippen molar-refractivity contribution in [1.29, 1.82) is 0 Å². The van der Waals surface area contributed by atoms with Crippen LogP contribution in [0.4, 0.5) is 11.4 Å². The molecule has 0 N–H and O–H groups in total. The number of hydrogen-bond donors (Lipinski definition) is 0. The molecule has 0 saturated carbocycles. The fraction of sp³-hybridized carbons (Fsp3) is 0.111. The van der Waals surface area contributed by atoms with Crippen LogP contribution in [0.2, 0.25) is 0 Å². The van der Waals surface area contributed by atoms with Crippen LogP contribution in [-0.4, -0.2) is 21.9 Å². The largest absolute Gasteiger partial charge is 0.454 e. The maximum Gasteiger partial charge on any atom is 0.270 e. The van der Waals surface area contributed by atoms with Crippen LogP contribution in [0.1, 0.15) is 11.1 Å². The number of non-ortho nitro benzene ring substituents is 1. The first-order valence-corrected chi connectivity index (χ1v) is 9.09. The van der Waals surface area contributed by atoms with E-state index in [0.29, 0.717) is 26.4 Å². The molecule has 2 aliphatic heterocycles. The Morgan fingerprint density at radius 2 is 1.89 bits per heavy atom. The lowest BCUT2D eigenvalue weighted by Gasteiger charge is -2.14. The van der Waals surface area contributed by atoms with E-state index in [4.69, 9.17) is 21.7 Å². The maximum atomic E-state index is 12.8. The fourth-order valence-corrected chi connectivity index (χ4v) is 4.06. The van der Waals surface area contributed by atoms with Crippen LogP contribution >= 0.6 is 24.0 Å². The number of anilines is 1. The van der Waals surface area contributed by atoms with E-state index in [1.807, 2.05) is 19.1 Å². The molecular weight excluding hydrogens is 388 g/mol. The van der Waals surface area contributed by atoms with Gasteiger partial charge in [-0.05, 0) is 48.4 Å². The van der Waals surface area contributed by atoms with Gasteiger partial charge >= 0.3 is 0 Å². The lowest BCUT2D eigenvalue weighted by Crippen LogP contribution is -2.27. The van der Waals surface area contributed by atoms with Gasteiger partial charge in [-0.15, -0.1) is 0 Å². The number of ether oxygens (including phenoxy) is 2. The van der Waals surface area contributed by atoms with E-state index in [2.05, 4.69) is 0 Å². The summed E-state index contributed by atoms with van der Waals surface area (Å²) < 4.78 is 11.1. The van der Waals surface area contributed by atoms with E-state index in [9.17, 15) is 14.9 Å². The van der Waals surface area contributed by atoms with Gasteiger partial charge in [0, 0.05) is 12.1 Å². The van der Waals surface area contributed by atoms with Crippen molar-refractivity contribution in [2.45, 2.75) is 6.92 Å². The molecule has 0 radical (unpaired) electrons. The third-order valence-corrected chi connectivity index (χ3v) is 5.46. The highest BCUT2D eigenvalue weighted by Gasteiger charge is 2.33. The van der Waals surface area contributed by atoms with Crippen LogP contribution in [0.3, 0.4) is 0 Å². The van der Waals surface area contributed by atoms with Crippen molar-refractivity contribution < 1.29 is 19.2 Å². The first-order chi connectivity index (χ1) is 12.9. The number of thioether (sulfide) groups is 1. The minimum atomic E-state index is -0.490. The van der Waals surface area contributed by atoms with Gasteiger partial charge in [-0.1, -0.05) is 24.0 Å². The zero-order valence-electron chi connectivity index (χ0n) is 14.0. The van der Waals surface area contributed by atoms with Gasteiger partial charge in [-0.3, -0.25) is 19.8 Å². The second-order valence-corrected chi connectivity index (χ2v) is 7.53. The van der Waals surface area contributed by atoms with Gasteiger partial charge in [0.15, 0.2) is 15.8 Å². The smallest absolute Gasteiger partial charge is 0.270 e. The van der Waals surface area contributed by atoms with Gasteiger partial charge in [-0.25, -0.2) is 0 Å². The van der Waals surface area contributed by atoms with Gasteiger partial charge in [-0.2, -0.15) is 0 Å². The van der Waals surface area contributed by atoms with Crippen molar-refractivity contribution >= 4 is 51.7 Å². The van der Waals surface area contributed by atoms with E-state index >= 15 is 0 Å². The van der Waals surface area contributed by atoms with Crippen LogP contribution in [0, 0.1) is 17.0 Å². The molecule has 7 nitrogen and oxygen atoms in total. The van der Waals surface area contributed by atoms with Gasteiger partial charge in [0.2, 0.25) is 6.79 Å². The third kappa shape index (κ3) is 3.15. The Labute approximate surface area is 163 Å². The SMILES string of the molecule is Cc1cc2c(cc1/C=C1\SC(=S)N(c3ccc([N+](=O)[O-])cc3)C1=O)OCO2. The first kappa shape index (κ1) is 17.5. The van der Waals surface area contributed by atoms with E-state index in [1.165, 1.54) is 40.9 Å². The molecule has 0 atom stereocenters. The average molecular weight is 400 g/mol. The number of nitrogens with zero attached hydrogens (tertiary/aromatic N) is 2. The standard InChI is InChI=1S/C18H12N2O5S2/c1-10-6-14-15(25-9-24-14)7-11(10)8-16-17(21)19(18(26)27-16)12-2-4-13(5-3-12)20(22)23/h2-8H,9H2,1H3/b16-8-. The molecule has 1 amide bonds. The molecular formula is C18H12N2O5S2. The van der Waals surface area contributed by atoms with Crippen LogP contribution < -0.4 is 14.4 Å². The number of hydrogen-bond acceptors (Lipinski definition) is 7. The quantitative estimate of drug-likeness (QED) is 0.333. The summed E-state index contributed by atoms with van der Waals surface area (Å²) in [6.45, 7) is 2.10. The van der Waals surface area contributed by atoms with E-state index in [0.717, 1.165) is 11.1 Å².